The van der Waals surface area contributed by atoms with Gasteiger partial charge in [-0.15, -0.1) is 0 Å². The third-order valence-electron chi connectivity index (χ3n) is 3.50. The number of ether oxygens (including phenoxy) is 2. The van der Waals surface area contributed by atoms with Gasteiger partial charge in [0, 0.05) is 10.6 Å². The van der Waals surface area contributed by atoms with E-state index in [9.17, 15) is 14.9 Å². The van der Waals surface area contributed by atoms with Crippen molar-refractivity contribution in [3.63, 3.8) is 0 Å². The lowest BCUT2D eigenvalue weighted by Gasteiger charge is -2.15. The van der Waals surface area contributed by atoms with Crippen molar-refractivity contribution in [1.82, 2.24) is 10.2 Å². The Morgan fingerprint density at radius 1 is 1.23 bits per heavy atom. The first-order valence-electron chi connectivity index (χ1n) is 6.58. The van der Waals surface area contributed by atoms with Gasteiger partial charge in [-0.2, -0.15) is 0 Å². The van der Waals surface area contributed by atoms with Gasteiger partial charge >= 0.3 is 0 Å². The third-order valence-corrected chi connectivity index (χ3v) is 3.50. The van der Waals surface area contributed by atoms with E-state index in [0.717, 1.165) is 0 Å². The molecule has 0 fully saturated rings. The Morgan fingerprint density at radius 2 is 1.91 bits per heavy atom. The first-order chi connectivity index (χ1) is 10.5. The lowest BCUT2D eigenvalue weighted by atomic mass is 9.91. The lowest BCUT2D eigenvalue weighted by Crippen LogP contribution is -2.20. The fourth-order valence-corrected chi connectivity index (χ4v) is 2.46. The molecule has 1 atom stereocenters. The number of aromatic nitrogens is 2. The molecule has 0 saturated heterocycles. The molecule has 0 aliphatic heterocycles. The van der Waals surface area contributed by atoms with Crippen LogP contribution in [0.3, 0.4) is 0 Å². The molecule has 1 aromatic heterocycles. The van der Waals surface area contributed by atoms with Crippen LogP contribution >= 0.6 is 0 Å². The van der Waals surface area contributed by atoms with E-state index in [2.05, 4.69) is 10.2 Å². The number of methoxy groups -OCH3 is 2. The van der Waals surface area contributed by atoms with E-state index in [1.807, 2.05) is 0 Å². The molecule has 1 unspecified atom stereocenters. The minimum Gasteiger partial charge on any atom is -0.493 e. The van der Waals surface area contributed by atoms with Crippen LogP contribution < -0.4 is 15.0 Å². The summed E-state index contributed by atoms with van der Waals surface area (Å²) in [6, 6.07) is 5.01. The first kappa shape index (κ1) is 15.6. The molecule has 0 aliphatic carbocycles. The number of aromatic amines is 2. The SMILES string of the molecule is COc1ccc(C(C[N+](=O)[O-])c2c(C)[nH][nH]c2=O)cc1OC. The molecule has 0 radical (unpaired) electrons. The molecule has 0 spiro atoms. The molecule has 0 bridgehead atoms. The second-order valence-corrected chi connectivity index (χ2v) is 4.80. The molecule has 0 amide bonds. The second-order valence-electron chi connectivity index (χ2n) is 4.80. The predicted molar refractivity (Wildman–Crippen MR) is 79.4 cm³/mol. The minimum absolute atomic E-state index is 0.351. The van der Waals surface area contributed by atoms with Gasteiger partial charge in [-0.05, 0) is 24.6 Å². The molecular formula is C14H17N3O5. The lowest BCUT2D eigenvalue weighted by molar-refractivity contribution is -0.481. The number of benzene rings is 1. The van der Waals surface area contributed by atoms with Crippen LogP contribution in [-0.2, 0) is 0 Å². The third kappa shape index (κ3) is 2.95. The van der Waals surface area contributed by atoms with Crippen molar-refractivity contribution in [3.8, 4) is 11.5 Å². The average Bonchev–Trinajstić information content (AvgIpc) is 2.83. The molecule has 2 rings (SSSR count). The summed E-state index contributed by atoms with van der Waals surface area (Å²) < 4.78 is 10.4. The van der Waals surface area contributed by atoms with E-state index >= 15 is 0 Å². The monoisotopic (exact) mass is 307 g/mol. The quantitative estimate of drug-likeness (QED) is 0.619. The van der Waals surface area contributed by atoms with Crippen LogP contribution in [-0.4, -0.2) is 35.9 Å². The molecule has 2 aromatic rings. The van der Waals surface area contributed by atoms with E-state index in [1.54, 1.807) is 25.1 Å². The standard InChI is InChI=1S/C14H17N3O5/c1-8-13(14(18)16-15-8)10(7-17(19)20)9-4-5-11(21-2)12(6-9)22-3/h4-6,10H,7H2,1-3H3,(H2,15,16,18). The number of rotatable bonds is 6. The zero-order valence-electron chi connectivity index (χ0n) is 12.5. The van der Waals surface area contributed by atoms with Crippen molar-refractivity contribution in [2.75, 3.05) is 20.8 Å². The molecule has 8 heteroatoms. The molecule has 2 N–H and O–H groups in total. The topological polar surface area (TPSA) is 110 Å². The zero-order chi connectivity index (χ0) is 16.3. The first-order valence-corrected chi connectivity index (χ1v) is 6.58. The Balaban J connectivity index is 2.55. The maximum Gasteiger partial charge on any atom is 0.268 e. The number of H-pyrrole nitrogens is 2. The highest BCUT2D eigenvalue weighted by Gasteiger charge is 2.27. The van der Waals surface area contributed by atoms with E-state index < -0.39 is 17.4 Å². The molecular weight excluding hydrogens is 290 g/mol. The highest BCUT2D eigenvalue weighted by molar-refractivity contribution is 5.46. The van der Waals surface area contributed by atoms with Crippen LogP contribution in [0.4, 0.5) is 0 Å². The van der Waals surface area contributed by atoms with Crippen molar-refractivity contribution in [1.29, 1.82) is 0 Å². The summed E-state index contributed by atoms with van der Waals surface area (Å²) in [6.45, 7) is 1.30. The van der Waals surface area contributed by atoms with Gasteiger partial charge in [-0.1, -0.05) is 6.07 Å². The number of nitrogens with zero attached hydrogens (tertiary/aromatic N) is 1. The Hall–Kier alpha value is -2.77. The maximum atomic E-state index is 11.9. The van der Waals surface area contributed by atoms with Crippen LogP contribution in [0.15, 0.2) is 23.0 Å². The van der Waals surface area contributed by atoms with Gasteiger partial charge in [-0.25, -0.2) is 0 Å². The normalized spacial score (nSPS) is 12.0. The number of hydrogen-bond donors (Lipinski definition) is 2. The Bertz CT molecular complexity index is 734. The van der Waals surface area contributed by atoms with Crippen molar-refractivity contribution in [2.45, 2.75) is 12.8 Å². The van der Waals surface area contributed by atoms with Crippen molar-refractivity contribution in [3.05, 3.63) is 55.5 Å². The summed E-state index contributed by atoms with van der Waals surface area (Å²) in [4.78, 5) is 22.5. The smallest absolute Gasteiger partial charge is 0.268 e. The molecule has 22 heavy (non-hydrogen) atoms. The molecule has 1 heterocycles. The van der Waals surface area contributed by atoms with Crippen LogP contribution in [0.1, 0.15) is 22.7 Å². The average molecular weight is 307 g/mol. The van der Waals surface area contributed by atoms with Crippen LogP contribution in [0.25, 0.3) is 0 Å². The van der Waals surface area contributed by atoms with Crippen LogP contribution in [0.2, 0.25) is 0 Å². The van der Waals surface area contributed by atoms with Gasteiger partial charge in [0.2, 0.25) is 6.54 Å². The van der Waals surface area contributed by atoms with Gasteiger partial charge in [0.15, 0.2) is 11.5 Å². The largest absolute Gasteiger partial charge is 0.493 e. The number of nitrogens with one attached hydrogen (secondary N) is 2. The summed E-state index contributed by atoms with van der Waals surface area (Å²) in [5.41, 5.74) is 1.18. The molecule has 118 valence electrons. The van der Waals surface area contributed by atoms with E-state index in [-0.39, 0.29) is 5.56 Å². The van der Waals surface area contributed by atoms with Gasteiger partial charge in [0.25, 0.3) is 5.56 Å². The second kappa shape index (κ2) is 6.33. The fourth-order valence-electron chi connectivity index (χ4n) is 2.46. The maximum absolute atomic E-state index is 11.9. The van der Waals surface area contributed by atoms with Gasteiger partial charge in [-0.3, -0.25) is 20.0 Å². The van der Waals surface area contributed by atoms with Gasteiger partial charge in [0.05, 0.1) is 25.7 Å². The number of hydrogen-bond acceptors (Lipinski definition) is 5. The van der Waals surface area contributed by atoms with Crippen LogP contribution in [0, 0.1) is 17.0 Å². The molecule has 0 saturated carbocycles. The summed E-state index contributed by atoms with van der Waals surface area (Å²) in [5.74, 6) is 0.300. The van der Waals surface area contributed by atoms with E-state index in [0.29, 0.717) is 28.3 Å². The Morgan fingerprint density at radius 3 is 2.41 bits per heavy atom. The molecule has 1 aromatic carbocycles. The molecule has 8 nitrogen and oxygen atoms in total. The summed E-state index contributed by atoms with van der Waals surface area (Å²) in [5, 5.41) is 16.2. The summed E-state index contributed by atoms with van der Waals surface area (Å²) >= 11 is 0. The van der Waals surface area contributed by atoms with Crippen LogP contribution in [0.5, 0.6) is 11.5 Å². The number of aryl methyl sites for hydroxylation is 1. The number of nitro groups is 1. The minimum atomic E-state index is -0.676. The summed E-state index contributed by atoms with van der Waals surface area (Å²) in [6.07, 6.45) is 0. The van der Waals surface area contributed by atoms with Gasteiger partial charge in [0.1, 0.15) is 0 Å². The predicted octanol–water partition coefficient (Wildman–Crippen LogP) is 1.44. The zero-order valence-corrected chi connectivity index (χ0v) is 12.5. The van der Waals surface area contributed by atoms with Crippen molar-refractivity contribution >= 4 is 0 Å². The van der Waals surface area contributed by atoms with Crippen molar-refractivity contribution < 1.29 is 14.4 Å². The highest BCUT2D eigenvalue weighted by atomic mass is 16.6. The molecule has 0 aliphatic rings. The summed E-state index contributed by atoms with van der Waals surface area (Å²) in [7, 11) is 2.99. The van der Waals surface area contributed by atoms with Crippen molar-refractivity contribution in [2.24, 2.45) is 0 Å². The Kier molecular flexibility index (Phi) is 4.50. The van der Waals surface area contributed by atoms with E-state index in [4.69, 9.17) is 9.47 Å². The highest BCUT2D eigenvalue weighted by Crippen LogP contribution is 2.33. The van der Waals surface area contributed by atoms with E-state index in [1.165, 1.54) is 14.2 Å². The fraction of sp³-hybridized carbons (Fsp3) is 0.357. The van der Waals surface area contributed by atoms with Gasteiger partial charge < -0.3 is 14.6 Å². The Labute approximate surface area is 126 Å².